The van der Waals surface area contributed by atoms with Crippen molar-refractivity contribution < 1.29 is 9.18 Å². The number of halogens is 1. The van der Waals surface area contributed by atoms with Crippen LogP contribution in [0.3, 0.4) is 0 Å². The molecule has 0 radical (unpaired) electrons. The molecule has 2 aromatic carbocycles. The Bertz CT molecular complexity index is 1140. The third-order valence-corrected chi connectivity index (χ3v) is 6.68. The first-order valence-electron chi connectivity index (χ1n) is 13.3. The van der Waals surface area contributed by atoms with E-state index in [1.807, 2.05) is 0 Å². The summed E-state index contributed by atoms with van der Waals surface area (Å²) in [4.78, 5) is 22.6. The minimum atomic E-state index is -0.392. The first-order chi connectivity index (χ1) is 17.0. The lowest BCUT2D eigenvalue weighted by atomic mass is 10.1. The number of imidazole rings is 1. The molecule has 1 heterocycles. The van der Waals surface area contributed by atoms with Crippen molar-refractivity contribution in [1.82, 2.24) is 19.4 Å². The van der Waals surface area contributed by atoms with Crippen LogP contribution in [-0.4, -0.2) is 44.9 Å². The lowest BCUT2D eigenvalue weighted by Gasteiger charge is -2.22. The average molecular weight is 479 g/mol. The van der Waals surface area contributed by atoms with Crippen LogP contribution in [0.2, 0.25) is 0 Å². The van der Waals surface area contributed by atoms with Gasteiger partial charge in [-0.05, 0) is 80.5 Å². The second kappa shape index (κ2) is 11.8. The highest BCUT2D eigenvalue weighted by atomic mass is 19.1. The number of aromatic nitrogens is 2. The molecule has 0 unspecified atom stereocenters. The molecule has 1 amide bonds. The zero-order valence-corrected chi connectivity index (χ0v) is 21.5. The van der Waals surface area contributed by atoms with Gasteiger partial charge in [0, 0.05) is 31.7 Å². The summed E-state index contributed by atoms with van der Waals surface area (Å²) in [6.45, 7) is 11.6. The molecule has 1 saturated carbocycles. The highest BCUT2D eigenvalue weighted by molar-refractivity contribution is 5.94. The van der Waals surface area contributed by atoms with Crippen LogP contribution in [-0.2, 0) is 19.6 Å². The highest BCUT2D eigenvalue weighted by Gasteiger charge is 2.24. The van der Waals surface area contributed by atoms with Gasteiger partial charge in [0.1, 0.15) is 11.6 Å². The molecule has 6 heteroatoms. The van der Waals surface area contributed by atoms with Gasteiger partial charge in [-0.2, -0.15) is 0 Å². The van der Waals surface area contributed by atoms with Gasteiger partial charge < -0.3 is 9.47 Å². The third kappa shape index (κ3) is 6.49. The zero-order valence-electron chi connectivity index (χ0n) is 21.5. The molecule has 4 rings (SSSR count). The highest BCUT2D eigenvalue weighted by Crippen LogP contribution is 2.30. The van der Waals surface area contributed by atoms with Crippen LogP contribution in [0.25, 0.3) is 11.0 Å². The second-order valence-electron chi connectivity index (χ2n) is 9.92. The molecule has 1 fully saturated rings. The first kappa shape index (κ1) is 25.4. The minimum absolute atomic E-state index is 0.155. The van der Waals surface area contributed by atoms with Gasteiger partial charge in [0.15, 0.2) is 0 Å². The number of carbonyl (C=O) groups is 1. The summed E-state index contributed by atoms with van der Waals surface area (Å²) in [5.41, 5.74) is 3.78. The maximum absolute atomic E-state index is 13.8. The summed E-state index contributed by atoms with van der Waals surface area (Å²) >= 11 is 0. The minimum Gasteiger partial charge on any atom is -0.331 e. The number of aryl methyl sites for hydroxylation is 1. The fourth-order valence-electron chi connectivity index (χ4n) is 4.89. The maximum Gasteiger partial charge on any atom is 0.254 e. The predicted molar refractivity (Wildman–Crippen MR) is 140 cm³/mol. The lowest BCUT2D eigenvalue weighted by molar-refractivity contribution is 0.0736. The average Bonchev–Trinajstić information content (AvgIpc) is 3.59. The number of benzene rings is 2. The first-order valence-corrected chi connectivity index (χ1v) is 13.3. The van der Waals surface area contributed by atoms with Crippen molar-refractivity contribution in [2.45, 2.75) is 72.5 Å². The smallest absolute Gasteiger partial charge is 0.254 e. The Morgan fingerprint density at radius 1 is 1.03 bits per heavy atom. The van der Waals surface area contributed by atoms with Crippen molar-refractivity contribution >= 4 is 16.9 Å². The van der Waals surface area contributed by atoms with Crippen molar-refractivity contribution in [3.05, 3.63) is 65.2 Å². The van der Waals surface area contributed by atoms with Crippen molar-refractivity contribution in [2.75, 3.05) is 19.6 Å². The fourth-order valence-corrected chi connectivity index (χ4v) is 4.89. The van der Waals surface area contributed by atoms with E-state index in [0.29, 0.717) is 18.7 Å². The Hall–Kier alpha value is -2.73. The van der Waals surface area contributed by atoms with E-state index in [0.717, 1.165) is 61.7 Å². The molecule has 3 aromatic rings. The number of rotatable bonds is 13. The van der Waals surface area contributed by atoms with E-state index in [1.54, 1.807) is 17.0 Å². The summed E-state index contributed by atoms with van der Waals surface area (Å²) < 4.78 is 16.0. The standard InChI is InChI=1S/C29H39FN4O/c1-4-14-32(19-22-10-11-22)20-23-12-13-27-26(17-23)31-28(34(27)16-6-3)21-33(15-5-2)29(35)24-8-7-9-25(30)18-24/h7-9,12-13,17-18,22H,4-6,10-11,14-16,19-21H2,1-3H3. The molecule has 0 saturated heterocycles. The van der Waals surface area contributed by atoms with E-state index in [2.05, 4.69) is 48.4 Å². The second-order valence-corrected chi connectivity index (χ2v) is 9.92. The SMILES string of the molecule is CCCN(Cc1ccc2c(c1)nc(CN(CCC)C(=O)c1cccc(F)c1)n2CCC)CC1CC1. The maximum atomic E-state index is 13.8. The van der Waals surface area contributed by atoms with Crippen LogP contribution in [0.4, 0.5) is 4.39 Å². The zero-order chi connectivity index (χ0) is 24.8. The summed E-state index contributed by atoms with van der Waals surface area (Å²) in [5.74, 6) is 1.22. The van der Waals surface area contributed by atoms with Gasteiger partial charge in [0.25, 0.3) is 5.91 Å². The van der Waals surface area contributed by atoms with E-state index < -0.39 is 5.82 Å². The number of fused-ring (bicyclic) bond motifs is 1. The molecular formula is C29H39FN4O. The monoisotopic (exact) mass is 478 g/mol. The van der Waals surface area contributed by atoms with Gasteiger partial charge in [-0.3, -0.25) is 9.69 Å². The summed E-state index contributed by atoms with van der Waals surface area (Å²) in [6, 6.07) is 12.6. The Kier molecular flexibility index (Phi) is 8.55. The normalized spacial score (nSPS) is 13.6. The van der Waals surface area contributed by atoms with Gasteiger partial charge in [0.05, 0.1) is 17.6 Å². The molecule has 35 heavy (non-hydrogen) atoms. The number of hydrogen-bond acceptors (Lipinski definition) is 3. The van der Waals surface area contributed by atoms with Crippen LogP contribution in [0, 0.1) is 11.7 Å². The summed E-state index contributed by atoms with van der Waals surface area (Å²) in [6.07, 6.45) is 5.71. The molecule has 0 atom stereocenters. The Labute approximate surface area is 208 Å². The molecule has 1 aliphatic carbocycles. The predicted octanol–water partition coefficient (Wildman–Crippen LogP) is 6.26. The fraction of sp³-hybridized carbons (Fsp3) is 0.517. The molecular weight excluding hydrogens is 439 g/mol. The quantitative estimate of drug-likeness (QED) is 0.291. The van der Waals surface area contributed by atoms with Crippen molar-refractivity contribution in [2.24, 2.45) is 5.92 Å². The van der Waals surface area contributed by atoms with Crippen molar-refractivity contribution in [1.29, 1.82) is 0 Å². The van der Waals surface area contributed by atoms with Crippen LogP contribution >= 0.6 is 0 Å². The lowest BCUT2D eigenvalue weighted by Crippen LogP contribution is -2.32. The molecule has 0 N–H and O–H groups in total. The van der Waals surface area contributed by atoms with E-state index >= 15 is 0 Å². The molecule has 1 aromatic heterocycles. The number of carbonyl (C=O) groups excluding carboxylic acids is 1. The Balaban J connectivity index is 1.59. The molecule has 0 aliphatic heterocycles. The number of amides is 1. The van der Waals surface area contributed by atoms with Gasteiger partial charge in [0.2, 0.25) is 0 Å². The molecule has 0 bridgehead atoms. The third-order valence-electron chi connectivity index (χ3n) is 6.68. The van der Waals surface area contributed by atoms with Crippen molar-refractivity contribution in [3.63, 3.8) is 0 Å². The molecule has 188 valence electrons. The molecule has 0 spiro atoms. The van der Waals surface area contributed by atoms with E-state index in [-0.39, 0.29) is 5.91 Å². The van der Waals surface area contributed by atoms with Gasteiger partial charge in [-0.25, -0.2) is 9.37 Å². The van der Waals surface area contributed by atoms with Crippen molar-refractivity contribution in [3.8, 4) is 0 Å². The van der Waals surface area contributed by atoms with E-state index in [4.69, 9.17) is 4.98 Å². The van der Waals surface area contributed by atoms with Crippen LogP contribution in [0.15, 0.2) is 42.5 Å². The summed E-state index contributed by atoms with van der Waals surface area (Å²) in [7, 11) is 0. The number of hydrogen-bond donors (Lipinski definition) is 0. The topological polar surface area (TPSA) is 41.4 Å². The van der Waals surface area contributed by atoms with E-state index in [1.165, 1.54) is 37.1 Å². The van der Waals surface area contributed by atoms with Crippen LogP contribution < -0.4 is 0 Å². The summed E-state index contributed by atoms with van der Waals surface area (Å²) in [5, 5.41) is 0. The number of nitrogens with zero attached hydrogens (tertiary/aromatic N) is 4. The Morgan fingerprint density at radius 2 is 1.83 bits per heavy atom. The largest absolute Gasteiger partial charge is 0.331 e. The van der Waals surface area contributed by atoms with Gasteiger partial charge in [-0.15, -0.1) is 0 Å². The molecule has 5 nitrogen and oxygen atoms in total. The Morgan fingerprint density at radius 3 is 2.51 bits per heavy atom. The van der Waals surface area contributed by atoms with Crippen LogP contribution in [0.5, 0.6) is 0 Å². The van der Waals surface area contributed by atoms with E-state index in [9.17, 15) is 9.18 Å². The van der Waals surface area contributed by atoms with Gasteiger partial charge >= 0.3 is 0 Å². The molecule has 1 aliphatic rings. The van der Waals surface area contributed by atoms with Crippen LogP contribution in [0.1, 0.15) is 74.6 Å². The van der Waals surface area contributed by atoms with Gasteiger partial charge in [-0.1, -0.05) is 32.9 Å².